The zero-order valence-electron chi connectivity index (χ0n) is 19.6. The topological polar surface area (TPSA) is 131 Å². The number of nitrogens with one attached hydrogen (secondary N) is 2. The highest BCUT2D eigenvalue weighted by atomic mass is 35.5. The number of aromatic nitrogens is 4. The van der Waals surface area contributed by atoms with Gasteiger partial charge in [0.2, 0.25) is 17.8 Å². The van der Waals surface area contributed by atoms with E-state index in [2.05, 4.69) is 15.6 Å². The second-order valence-electron chi connectivity index (χ2n) is 9.63. The van der Waals surface area contributed by atoms with E-state index in [4.69, 9.17) is 50.5 Å². The summed E-state index contributed by atoms with van der Waals surface area (Å²) in [6, 6.07) is 3.49. The molecule has 2 saturated carbocycles. The van der Waals surface area contributed by atoms with Crippen LogP contribution in [0.2, 0.25) is 15.1 Å². The average molecular weight is 553 g/mol. The number of rotatable bonds is 6. The van der Waals surface area contributed by atoms with Crippen LogP contribution >= 0.6 is 34.8 Å². The first-order valence-electron chi connectivity index (χ1n) is 12.2. The molecule has 12 heteroatoms. The van der Waals surface area contributed by atoms with Crippen LogP contribution < -0.4 is 16.4 Å². The number of aliphatic hydroxyl groups is 1. The van der Waals surface area contributed by atoms with E-state index in [9.17, 15) is 9.90 Å². The van der Waals surface area contributed by atoms with Crippen LogP contribution in [-0.2, 0) is 4.79 Å². The quantitative estimate of drug-likeness (QED) is 0.319. The Hall–Kier alpha value is -2.33. The van der Waals surface area contributed by atoms with Gasteiger partial charge in [0.25, 0.3) is 0 Å². The maximum Gasteiger partial charge on any atom is 0.224 e. The number of halogens is 3. The van der Waals surface area contributed by atoms with Crippen LogP contribution in [0.3, 0.4) is 0 Å². The molecule has 36 heavy (non-hydrogen) atoms. The van der Waals surface area contributed by atoms with Crippen molar-refractivity contribution in [3.63, 3.8) is 0 Å². The molecule has 0 aliphatic heterocycles. The van der Waals surface area contributed by atoms with E-state index in [0.29, 0.717) is 56.7 Å². The molecule has 0 radical (unpaired) electrons. The van der Waals surface area contributed by atoms with Gasteiger partial charge in [-0.25, -0.2) is 9.97 Å². The zero-order chi connectivity index (χ0) is 25.4. The number of imidazole rings is 1. The fourth-order valence-corrected chi connectivity index (χ4v) is 6.10. The lowest BCUT2D eigenvalue weighted by Gasteiger charge is -2.29. The minimum absolute atomic E-state index is 0.0468. The number of anilines is 3. The normalized spacial score (nSPS) is 24.6. The third-order valence-electron chi connectivity index (χ3n) is 7.17. The predicted molar refractivity (Wildman–Crippen MR) is 142 cm³/mol. The van der Waals surface area contributed by atoms with Gasteiger partial charge in [-0.15, -0.1) is 0 Å². The average Bonchev–Trinajstić information content (AvgIpc) is 3.20. The first kappa shape index (κ1) is 25.3. The lowest BCUT2D eigenvalue weighted by atomic mass is 9.85. The summed E-state index contributed by atoms with van der Waals surface area (Å²) in [5.74, 6) is 0.672. The van der Waals surface area contributed by atoms with Crippen molar-refractivity contribution in [3.8, 4) is 0 Å². The lowest BCUT2D eigenvalue weighted by Crippen LogP contribution is -2.29. The minimum Gasteiger partial charge on any atom is -0.393 e. The van der Waals surface area contributed by atoms with Gasteiger partial charge in [-0.1, -0.05) is 34.8 Å². The molecule has 0 unspecified atom stereocenters. The van der Waals surface area contributed by atoms with Crippen molar-refractivity contribution in [1.29, 1.82) is 0 Å². The van der Waals surface area contributed by atoms with E-state index in [-0.39, 0.29) is 30.0 Å². The molecule has 2 heterocycles. The maximum atomic E-state index is 11.7. The third-order valence-corrected chi connectivity index (χ3v) is 7.98. The minimum atomic E-state index is -0.256. The summed E-state index contributed by atoms with van der Waals surface area (Å²) in [5.41, 5.74) is 7.36. The Morgan fingerprint density at radius 2 is 1.67 bits per heavy atom. The number of primary amides is 1. The zero-order valence-corrected chi connectivity index (χ0v) is 21.8. The number of benzene rings is 1. The van der Waals surface area contributed by atoms with Crippen LogP contribution in [0.15, 0.2) is 18.3 Å². The standard InChI is InChI=1S/C24H28Cl3N7O2/c25-13-9-17(26)20(18(27)10-13)32-24-31-19-11-29-23(30-14-3-7-16(35)8-4-14)33-22(19)34(24)15-5-1-12(2-6-15)21(28)36/h9-12,14-16,35H,1-8H2,(H2,28,36)(H,31,32)(H,29,30,33)/t12-,14?,15+,16?. The Labute approximate surface area is 223 Å². The van der Waals surface area contributed by atoms with Crippen molar-refractivity contribution in [2.45, 2.75) is 69.6 Å². The number of carbonyl (C=O) groups excluding carboxylic acids is 1. The van der Waals surface area contributed by atoms with E-state index >= 15 is 0 Å². The lowest BCUT2D eigenvalue weighted by molar-refractivity contribution is -0.122. The monoisotopic (exact) mass is 551 g/mol. The first-order valence-corrected chi connectivity index (χ1v) is 13.3. The van der Waals surface area contributed by atoms with Crippen LogP contribution in [0.25, 0.3) is 11.2 Å². The van der Waals surface area contributed by atoms with Gasteiger partial charge in [0, 0.05) is 23.0 Å². The molecule has 0 atom stereocenters. The van der Waals surface area contributed by atoms with Gasteiger partial charge in [-0.3, -0.25) is 9.36 Å². The van der Waals surface area contributed by atoms with E-state index in [1.54, 1.807) is 18.3 Å². The summed E-state index contributed by atoms with van der Waals surface area (Å²) < 4.78 is 2.05. The van der Waals surface area contributed by atoms with Gasteiger partial charge in [0.05, 0.1) is 28.0 Å². The van der Waals surface area contributed by atoms with Gasteiger partial charge >= 0.3 is 0 Å². The van der Waals surface area contributed by atoms with E-state index in [0.717, 1.165) is 38.5 Å². The summed E-state index contributed by atoms with van der Waals surface area (Å²) in [5, 5.41) is 17.7. The van der Waals surface area contributed by atoms with E-state index in [1.165, 1.54) is 0 Å². The fourth-order valence-electron chi connectivity index (χ4n) is 5.19. The Morgan fingerprint density at radius 1 is 1.00 bits per heavy atom. The predicted octanol–water partition coefficient (Wildman–Crippen LogP) is 5.46. The second kappa shape index (κ2) is 10.6. The highest BCUT2D eigenvalue weighted by Gasteiger charge is 2.30. The second-order valence-corrected chi connectivity index (χ2v) is 10.9. The van der Waals surface area contributed by atoms with Gasteiger partial charge in [-0.2, -0.15) is 4.98 Å². The molecule has 5 N–H and O–H groups in total. The van der Waals surface area contributed by atoms with E-state index < -0.39 is 0 Å². The Balaban J connectivity index is 1.50. The van der Waals surface area contributed by atoms with Crippen LogP contribution in [0.5, 0.6) is 0 Å². The molecule has 2 aromatic heterocycles. The van der Waals surface area contributed by atoms with Crippen molar-refractivity contribution in [2.24, 2.45) is 11.7 Å². The van der Waals surface area contributed by atoms with Crippen LogP contribution in [0, 0.1) is 5.92 Å². The number of hydrogen-bond acceptors (Lipinski definition) is 7. The van der Waals surface area contributed by atoms with Gasteiger partial charge in [0.1, 0.15) is 5.52 Å². The Bertz CT molecular complexity index is 1250. The van der Waals surface area contributed by atoms with E-state index in [1.807, 2.05) is 4.57 Å². The van der Waals surface area contributed by atoms with Crippen molar-refractivity contribution in [2.75, 3.05) is 10.6 Å². The molecule has 192 valence electrons. The highest BCUT2D eigenvalue weighted by molar-refractivity contribution is 6.41. The summed E-state index contributed by atoms with van der Waals surface area (Å²) >= 11 is 19.0. The molecule has 9 nitrogen and oxygen atoms in total. The number of aliphatic hydroxyl groups excluding tert-OH is 1. The number of amides is 1. The maximum absolute atomic E-state index is 11.7. The van der Waals surface area contributed by atoms with Crippen molar-refractivity contribution in [1.82, 2.24) is 19.5 Å². The number of fused-ring (bicyclic) bond motifs is 1. The molecule has 2 aliphatic carbocycles. The van der Waals surface area contributed by atoms with Gasteiger partial charge in [-0.05, 0) is 63.5 Å². The molecule has 0 saturated heterocycles. The molecule has 0 spiro atoms. The molecule has 3 aromatic rings. The first-order chi connectivity index (χ1) is 17.3. The number of nitrogens with two attached hydrogens (primary N) is 1. The Kier molecular flexibility index (Phi) is 7.44. The van der Waals surface area contributed by atoms with Crippen molar-refractivity contribution in [3.05, 3.63) is 33.4 Å². The Morgan fingerprint density at radius 3 is 2.31 bits per heavy atom. The molecular weight excluding hydrogens is 525 g/mol. The highest BCUT2D eigenvalue weighted by Crippen LogP contribution is 2.40. The fraction of sp³-hybridized carbons (Fsp3) is 0.500. The summed E-state index contributed by atoms with van der Waals surface area (Å²) in [6.45, 7) is 0. The third kappa shape index (κ3) is 5.34. The van der Waals surface area contributed by atoms with Gasteiger partial charge < -0.3 is 21.5 Å². The number of nitrogens with zero attached hydrogens (tertiary/aromatic N) is 4. The molecule has 1 aromatic carbocycles. The molecule has 1 amide bonds. The number of carbonyl (C=O) groups is 1. The van der Waals surface area contributed by atoms with Crippen molar-refractivity contribution < 1.29 is 9.90 Å². The summed E-state index contributed by atoms with van der Waals surface area (Å²) in [4.78, 5) is 25.8. The largest absolute Gasteiger partial charge is 0.393 e. The smallest absolute Gasteiger partial charge is 0.224 e. The van der Waals surface area contributed by atoms with Crippen molar-refractivity contribution >= 4 is 69.5 Å². The summed E-state index contributed by atoms with van der Waals surface area (Å²) in [6.07, 6.45) is 7.61. The molecule has 2 fully saturated rings. The van der Waals surface area contributed by atoms with Gasteiger partial charge in [0.15, 0.2) is 5.65 Å². The molecular formula is C24H28Cl3N7O2. The molecule has 2 aliphatic rings. The van der Waals surface area contributed by atoms with Crippen LogP contribution in [-0.4, -0.2) is 42.7 Å². The summed E-state index contributed by atoms with van der Waals surface area (Å²) in [7, 11) is 0. The van der Waals surface area contributed by atoms with Crippen LogP contribution in [0.4, 0.5) is 17.6 Å². The number of hydrogen-bond donors (Lipinski definition) is 4. The molecule has 5 rings (SSSR count). The SMILES string of the molecule is NC(=O)[C@H]1CC[C@@H](n2c(Nc3c(Cl)cc(Cl)cc3Cl)nc3cnc(NC4CCC(O)CC4)nc32)CC1. The van der Waals surface area contributed by atoms with Crippen LogP contribution in [0.1, 0.15) is 57.4 Å². The molecule has 0 bridgehead atoms.